The van der Waals surface area contributed by atoms with Crippen LogP contribution in [0.3, 0.4) is 0 Å². The maximum atomic E-state index is 12.6. The van der Waals surface area contributed by atoms with Gasteiger partial charge in [0.1, 0.15) is 5.02 Å². The number of nitro groups is 1. The summed E-state index contributed by atoms with van der Waals surface area (Å²) in [4.78, 5) is 24.7. The predicted molar refractivity (Wildman–Crippen MR) is 98.4 cm³/mol. The molecule has 1 aromatic heterocycles. The molecule has 3 rings (SSSR count). The van der Waals surface area contributed by atoms with E-state index in [1.807, 2.05) is 11.9 Å². The summed E-state index contributed by atoms with van der Waals surface area (Å²) >= 11 is 6.28. The van der Waals surface area contributed by atoms with E-state index in [9.17, 15) is 14.9 Å². The van der Waals surface area contributed by atoms with Crippen LogP contribution in [0.5, 0.6) is 0 Å². The van der Waals surface area contributed by atoms with E-state index in [0.717, 1.165) is 30.6 Å². The molecule has 1 saturated heterocycles. The van der Waals surface area contributed by atoms with Crippen molar-refractivity contribution in [3.63, 3.8) is 0 Å². The second kappa shape index (κ2) is 7.84. The lowest BCUT2D eigenvalue weighted by molar-refractivity contribution is -0.384. The van der Waals surface area contributed by atoms with Crippen LogP contribution in [0, 0.1) is 10.1 Å². The van der Waals surface area contributed by atoms with E-state index < -0.39 is 10.5 Å². The lowest BCUT2D eigenvalue weighted by atomic mass is 10.1. The highest BCUT2D eigenvalue weighted by Gasteiger charge is 2.20. The molecule has 1 fully saturated rings. The van der Waals surface area contributed by atoms with Gasteiger partial charge >= 0.3 is 0 Å². The number of hydrogen-bond acceptors (Lipinski definition) is 6. The molecule has 9 heteroatoms. The summed E-state index contributed by atoms with van der Waals surface area (Å²) in [7, 11) is 1.84. The first-order valence-electron chi connectivity index (χ1n) is 8.33. The number of ether oxygens (including phenoxy) is 1. The Morgan fingerprint density at radius 1 is 1.38 bits per heavy atom. The minimum atomic E-state index is -0.502. The van der Waals surface area contributed by atoms with Crippen molar-refractivity contribution in [2.24, 2.45) is 0 Å². The van der Waals surface area contributed by atoms with Gasteiger partial charge in [-0.3, -0.25) is 14.9 Å². The van der Waals surface area contributed by atoms with Crippen LogP contribution in [0.2, 0.25) is 5.02 Å². The van der Waals surface area contributed by atoms with Gasteiger partial charge < -0.3 is 9.64 Å². The third kappa shape index (κ3) is 3.86. The van der Waals surface area contributed by atoms with E-state index >= 15 is 0 Å². The Morgan fingerprint density at radius 2 is 2.12 bits per heavy atom. The van der Waals surface area contributed by atoms with Crippen molar-refractivity contribution in [1.82, 2.24) is 9.78 Å². The zero-order chi connectivity index (χ0) is 18.7. The molecule has 0 aliphatic carbocycles. The lowest BCUT2D eigenvalue weighted by Gasteiger charge is -2.28. The minimum absolute atomic E-state index is 0.0525. The number of benzene rings is 1. The summed E-state index contributed by atoms with van der Waals surface area (Å²) < 4.78 is 6.85. The molecule has 0 radical (unpaired) electrons. The summed E-state index contributed by atoms with van der Waals surface area (Å²) in [5.41, 5.74) is 0.405. The third-order valence-electron chi connectivity index (χ3n) is 4.37. The second-order valence-corrected chi connectivity index (χ2v) is 6.58. The molecule has 0 N–H and O–H groups in total. The molecule has 8 nitrogen and oxygen atoms in total. The summed E-state index contributed by atoms with van der Waals surface area (Å²) in [6.45, 7) is 1.38. The number of hydrogen-bond donors (Lipinski definition) is 0. The quantitative estimate of drug-likeness (QED) is 0.587. The Bertz CT molecular complexity index is 847. The molecule has 1 aliphatic heterocycles. The lowest BCUT2D eigenvalue weighted by Crippen LogP contribution is -2.35. The number of aromatic nitrogens is 2. The van der Waals surface area contributed by atoms with Crippen LogP contribution in [-0.2, 0) is 4.74 Å². The van der Waals surface area contributed by atoms with Crippen LogP contribution in [0.15, 0.2) is 35.3 Å². The first kappa shape index (κ1) is 18.3. The normalized spacial score (nSPS) is 17.1. The predicted octanol–water partition coefficient (Wildman–Crippen LogP) is 2.80. The molecule has 2 heterocycles. The number of likely N-dealkylation sites (N-methyl/N-ethyl adjacent to an activating group) is 1. The van der Waals surface area contributed by atoms with Gasteiger partial charge in [0.15, 0.2) is 0 Å². The van der Waals surface area contributed by atoms with E-state index in [1.165, 1.54) is 30.5 Å². The van der Waals surface area contributed by atoms with E-state index in [-0.39, 0.29) is 16.8 Å². The van der Waals surface area contributed by atoms with Crippen molar-refractivity contribution in [2.75, 3.05) is 25.1 Å². The molecule has 2 aromatic rings. The van der Waals surface area contributed by atoms with Gasteiger partial charge in [-0.15, -0.1) is 0 Å². The third-order valence-corrected chi connectivity index (χ3v) is 4.72. The largest absolute Gasteiger partial charge is 0.376 e. The van der Waals surface area contributed by atoms with Crippen molar-refractivity contribution in [3.8, 4) is 5.69 Å². The number of nitro benzene ring substituents is 1. The highest BCUT2D eigenvalue weighted by atomic mass is 35.5. The summed E-state index contributed by atoms with van der Waals surface area (Å²) in [5.74, 6) is 0. The number of non-ortho nitro benzene ring substituents is 1. The Balaban J connectivity index is 1.83. The summed E-state index contributed by atoms with van der Waals surface area (Å²) in [6, 6.07) is 5.56. The van der Waals surface area contributed by atoms with Crippen LogP contribution in [0.4, 0.5) is 11.4 Å². The van der Waals surface area contributed by atoms with Gasteiger partial charge in [-0.2, -0.15) is 9.78 Å². The summed E-state index contributed by atoms with van der Waals surface area (Å²) in [6.07, 6.45) is 4.82. The van der Waals surface area contributed by atoms with Gasteiger partial charge in [0.05, 0.1) is 28.6 Å². The second-order valence-electron chi connectivity index (χ2n) is 6.20. The molecule has 26 heavy (non-hydrogen) atoms. The fourth-order valence-electron chi connectivity index (χ4n) is 2.94. The fourth-order valence-corrected chi connectivity index (χ4v) is 3.22. The molecular formula is C17H19ClN4O4. The van der Waals surface area contributed by atoms with Crippen LogP contribution >= 0.6 is 11.6 Å². The van der Waals surface area contributed by atoms with Gasteiger partial charge in [-0.25, -0.2) is 0 Å². The van der Waals surface area contributed by atoms with Crippen molar-refractivity contribution < 1.29 is 9.66 Å². The molecular weight excluding hydrogens is 360 g/mol. The maximum absolute atomic E-state index is 12.6. The van der Waals surface area contributed by atoms with Crippen molar-refractivity contribution in [2.45, 2.75) is 25.4 Å². The van der Waals surface area contributed by atoms with Gasteiger partial charge in [0.25, 0.3) is 11.2 Å². The van der Waals surface area contributed by atoms with Crippen LogP contribution in [-0.4, -0.2) is 41.0 Å². The Hall–Kier alpha value is -2.45. The van der Waals surface area contributed by atoms with E-state index in [4.69, 9.17) is 16.3 Å². The molecule has 1 unspecified atom stereocenters. The van der Waals surface area contributed by atoms with Gasteiger partial charge in [0, 0.05) is 32.3 Å². The summed E-state index contributed by atoms with van der Waals surface area (Å²) in [5, 5.41) is 15.0. The molecule has 1 atom stereocenters. The minimum Gasteiger partial charge on any atom is -0.376 e. The SMILES string of the molecule is CN(CC1CCCCO1)c1cnn(-c2ccc([N+](=O)[O-])cc2)c(=O)c1Cl. The van der Waals surface area contributed by atoms with E-state index in [2.05, 4.69) is 5.10 Å². The Morgan fingerprint density at radius 3 is 2.73 bits per heavy atom. The van der Waals surface area contributed by atoms with Crippen molar-refractivity contribution >= 4 is 23.0 Å². The molecule has 138 valence electrons. The monoisotopic (exact) mass is 378 g/mol. The zero-order valence-electron chi connectivity index (χ0n) is 14.3. The molecule has 0 bridgehead atoms. The smallest absolute Gasteiger partial charge is 0.292 e. The Labute approximate surface area is 155 Å². The number of anilines is 1. The Kier molecular flexibility index (Phi) is 5.53. The maximum Gasteiger partial charge on any atom is 0.292 e. The molecule has 1 aromatic carbocycles. The van der Waals surface area contributed by atoms with Crippen LogP contribution in [0.25, 0.3) is 5.69 Å². The number of nitrogens with zero attached hydrogens (tertiary/aromatic N) is 4. The first-order valence-corrected chi connectivity index (χ1v) is 8.70. The van der Waals surface area contributed by atoms with Gasteiger partial charge in [-0.1, -0.05) is 11.6 Å². The van der Waals surface area contributed by atoms with Crippen LogP contribution in [0.1, 0.15) is 19.3 Å². The molecule has 0 spiro atoms. The zero-order valence-corrected chi connectivity index (χ0v) is 15.1. The average molecular weight is 379 g/mol. The molecule has 0 saturated carbocycles. The molecule has 1 aliphatic rings. The van der Waals surface area contributed by atoms with Crippen LogP contribution < -0.4 is 10.5 Å². The first-order chi connectivity index (χ1) is 12.5. The van der Waals surface area contributed by atoms with Crippen molar-refractivity contribution in [3.05, 3.63) is 56.0 Å². The number of rotatable bonds is 5. The van der Waals surface area contributed by atoms with E-state index in [0.29, 0.717) is 17.9 Å². The number of halogens is 1. The average Bonchev–Trinajstić information content (AvgIpc) is 2.64. The highest BCUT2D eigenvalue weighted by molar-refractivity contribution is 6.33. The topological polar surface area (TPSA) is 90.5 Å². The highest BCUT2D eigenvalue weighted by Crippen LogP contribution is 2.23. The molecule has 0 amide bonds. The van der Waals surface area contributed by atoms with Gasteiger partial charge in [0.2, 0.25) is 0 Å². The fraction of sp³-hybridized carbons (Fsp3) is 0.412. The van der Waals surface area contributed by atoms with Gasteiger partial charge in [-0.05, 0) is 31.4 Å². The van der Waals surface area contributed by atoms with E-state index in [1.54, 1.807) is 0 Å². The standard InChI is InChI=1S/C17H19ClN4O4/c1-20(11-14-4-2-3-9-26-14)15-10-19-21(17(23)16(15)18)12-5-7-13(8-6-12)22(24)25/h5-8,10,14H,2-4,9,11H2,1H3. The van der Waals surface area contributed by atoms with Crippen molar-refractivity contribution in [1.29, 1.82) is 0 Å².